The minimum absolute atomic E-state index is 0.132. The summed E-state index contributed by atoms with van der Waals surface area (Å²) in [7, 11) is 0. The second kappa shape index (κ2) is 4.68. The molecule has 0 radical (unpaired) electrons. The molecular formula is C6H11NO4. The Bertz CT molecular complexity index is 157. The monoisotopic (exact) mass is 161 g/mol. The third-order valence-electron chi connectivity index (χ3n) is 1.14. The number of rotatable bonds is 4. The average molecular weight is 161 g/mol. The normalized spacial score (nSPS) is 12.2. The number of carbonyl (C=O) groups excluding carboxylic acids is 1. The molecule has 0 aromatic rings. The summed E-state index contributed by atoms with van der Waals surface area (Å²) < 4.78 is 4.34. The molecule has 0 aliphatic carbocycles. The number of carboxylic acids is 1. The van der Waals surface area contributed by atoms with Crippen LogP contribution in [0, 0.1) is 5.92 Å². The van der Waals surface area contributed by atoms with Crippen LogP contribution in [0.5, 0.6) is 0 Å². The van der Waals surface area contributed by atoms with Crippen molar-refractivity contribution in [2.75, 3.05) is 6.73 Å². The highest BCUT2D eigenvalue weighted by atomic mass is 16.5. The molecule has 1 atom stereocenters. The van der Waals surface area contributed by atoms with Gasteiger partial charge in [-0.3, -0.25) is 15.3 Å². The third-order valence-corrected chi connectivity index (χ3v) is 1.14. The molecule has 11 heavy (non-hydrogen) atoms. The molecule has 0 saturated carbocycles. The topological polar surface area (TPSA) is 89.6 Å². The van der Waals surface area contributed by atoms with Gasteiger partial charge in [-0.2, -0.15) is 0 Å². The van der Waals surface area contributed by atoms with Gasteiger partial charge in [0.15, 0.2) is 0 Å². The van der Waals surface area contributed by atoms with Crippen LogP contribution in [0.3, 0.4) is 0 Å². The van der Waals surface area contributed by atoms with Crippen LogP contribution in [0.15, 0.2) is 0 Å². The Morgan fingerprint density at radius 1 is 1.64 bits per heavy atom. The summed E-state index contributed by atoms with van der Waals surface area (Å²) in [4.78, 5) is 20.8. The molecule has 0 bridgehead atoms. The summed E-state index contributed by atoms with van der Waals surface area (Å²) in [6, 6.07) is 0. The highest BCUT2D eigenvalue weighted by Crippen LogP contribution is 2.02. The van der Waals surface area contributed by atoms with E-state index in [4.69, 9.17) is 10.8 Å². The second-order valence-electron chi connectivity index (χ2n) is 2.13. The quantitative estimate of drug-likeness (QED) is 0.430. The molecule has 0 heterocycles. The fourth-order valence-electron chi connectivity index (χ4n) is 0.489. The van der Waals surface area contributed by atoms with E-state index in [0.29, 0.717) is 0 Å². The van der Waals surface area contributed by atoms with E-state index in [2.05, 4.69) is 4.74 Å². The van der Waals surface area contributed by atoms with E-state index in [-0.39, 0.29) is 13.2 Å². The molecule has 0 aliphatic heterocycles. The number of ether oxygens (including phenoxy) is 1. The van der Waals surface area contributed by atoms with Crippen molar-refractivity contribution in [3.05, 3.63) is 0 Å². The van der Waals surface area contributed by atoms with Crippen molar-refractivity contribution in [2.24, 2.45) is 11.7 Å². The van der Waals surface area contributed by atoms with Gasteiger partial charge < -0.3 is 9.84 Å². The number of carbonyl (C=O) groups is 2. The molecule has 0 aliphatic rings. The number of aliphatic carboxylic acids is 1. The van der Waals surface area contributed by atoms with Gasteiger partial charge in [-0.05, 0) is 0 Å². The molecule has 0 aromatic heterocycles. The van der Waals surface area contributed by atoms with Gasteiger partial charge in [-0.25, -0.2) is 0 Å². The van der Waals surface area contributed by atoms with E-state index in [1.807, 2.05) is 0 Å². The average Bonchev–Trinajstić information content (AvgIpc) is 1.87. The lowest BCUT2D eigenvalue weighted by Gasteiger charge is -2.04. The van der Waals surface area contributed by atoms with Crippen LogP contribution in [0.4, 0.5) is 0 Å². The first-order chi connectivity index (χ1) is 5.07. The summed E-state index contributed by atoms with van der Waals surface area (Å²) in [5, 5.41) is 8.36. The lowest BCUT2D eigenvalue weighted by atomic mass is 10.1. The van der Waals surface area contributed by atoms with Gasteiger partial charge in [0.1, 0.15) is 6.73 Å². The predicted octanol–water partition coefficient (Wildman–Crippen LogP) is -0.443. The van der Waals surface area contributed by atoms with Gasteiger partial charge in [-0.15, -0.1) is 0 Å². The molecule has 1 unspecified atom stereocenters. The molecule has 0 amide bonds. The maximum absolute atomic E-state index is 10.6. The first-order valence-electron chi connectivity index (χ1n) is 3.16. The standard InChI is InChI=1S/C6H11NO4/c1-4(6(9)10)2-5(8)11-3-7/h4H,2-3,7H2,1H3,(H,9,10). The molecule has 64 valence electrons. The third kappa shape index (κ3) is 4.32. The molecule has 0 aromatic carbocycles. The lowest BCUT2D eigenvalue weighted by Crippen LogP contribution is -2.18. The van der Waals surface area contributed by atoms with Crippen LogP contribution in [-0.4, -0.2) is 23.8 Å². The zero-order valence-corrected chi connectivity index (χ0v) is 6.24. The lowest BCUT2D eigenvalue weighted by molar-refractivity contribution is -0.150. The van der Waals surface area contributed by atoms with Crippen LogP contribution >= 0.6 is 0 Å². The van der Waals surface area contributed by atoms with E-state index >= 15 is 0 Å². The Kier molecular flexibility index (Phi) is 4.21. The molecular weight excluding hydrogens is 150 g/mol. The van der Waals surface area contributed by atoms with E-state index in [0.717, 1.165) is 0 Å². The predicted molar refractivity (Wildman–Crippen MR) is 36.6 cm³/mol. The Hall–Kier alpha value is -1.10. The molecule has 0 fully saturated rings. The summed E-state index contributed by atoms with van der Waals surface area (Å²) in [6.45, 7) is 1.23. The van der Waals surface area contributed by atoms with Crippen LogP contribution < -0.4 is 5.73 Å². The van der Waals surface area contributed by atoms with E-state index in [9.17, 15) is 9.59 Å². The molecule has 5 heteroatoms. The minimum atomic E-state index is -1.01. The molecule has 5 nitrogen and oxygen atoms in total. The van der Waals surface area contributed by atoms with E-state index < -0.39 is 17.9 Å². The summed E-state index contributed by atoms with van der Waals surface area (Å²) in [6.07, 6.45) is -0.132. The van der Waals surface area contributed by atoms with Gasteiger partial charge in [-0.1, -0.05) is 6.92 Å². The fraction of sp³-hybridized carbons (Fsp3) is 0.667. The van der Waals surface area contributed by atoms with Gasteiger partial charge in [0.25, 0.3) is 0 Å². The molecule has 0 saturated heterocycles. The van der Waals surface area contributed by atoms with Gasteiger partial charge in [0.05, 0.1) is 12.3 Å². The zero-order chi connectivity index (χ0) is 8.85. The number of carboxylic acid groups (broad SMARTS) is 1. The van der Waals surface area contributed by atoms with Crippen LogP contribution in [0.25, 0.3) is 0 Å². The first-order valence-corrected chi connectivity index (χ1v) is 3.16. The molecule has 3 N–H and O–H groups in total. The van der Waals surface area contributed by atoms with E-state index in [1.165, 1.54) is 6.92 Å². The van der Waals surface area contributed by atoms with E-state index in [1.54, 1.807) is 0 Å². The minimum Gasteiger partial charge on any atom is -0.481 e. The van der Waals surface area contributed by atoms with Gasteiger partial charge in [0.2, 0.25) is 0 Å². The fourth-order valence-corrected chi connectivity index (χ4v) is 0.489. The van der Waals surface area contributed by atoms with Crippen molar-refractivity contribution in [2.45, 2.75) is 13.3 Å². The largest absolute Gasteiger partial charge is 0.481 e. The van der Waals surface area contributed by atoms with Crippen molar-refractivity contribution in [1.29, 1.82) is 0 Å². The maximum Gasteiger partial charge on any atom is 0.307 e. The van der Waals surface area contributed by atoms with Crippen LogP contribution in [-0.2, 0) is 14.3 Å². The maximum atomic E-state index is 10.6. The number of hydrogen-bond acceptors (Lipinski definition) is 4. The summed E-state index contributed by atoms with van der Waals surface area (Å²) in [5.41, 5.74) is 4.89. The number of nitrogens with two attached hydrogens (primary N) is 1. The first kappa shape index (κ1) is 9.90. The highest BCUT2D eigenvalue weighted by Gasteiger charge is 2.15. The second-order valence-corrected chi connectivity index (χ2v) is 2.13. The highest BCUT2D eigenvalue weighted by molar-refractivity contribution is 5.78. The van der Waals surface area contributed by atoms with Crippen LogP contribution in [0.2, 0.25) is 0 Å². The Morgan fingerprint density at radius 3 is 2.55 bits per heavy atom. The molecule has 0 spiro atoms. The number of esters is 1. The van der Waals surface area contributed by atoms with Crippen molar-refractivity contribution >= 4 is 11.9 Å². The van der Waals surface area contributed by atoms with Crippen LogP contribution in [0.1, 0.15) is 13.3 Å². The zero-order valence-electron chi connectivity index (χ0n) is 6.24. The van der Waals surface area contributed by atoms with Crippen molar-refractivity contribution in [3.8, 4) is 0 Å². The van der Waals surface area contributed by atoms with Crippen molar-refractivity contribution in [3.63, 3.8) is 0 Å². The Labute approximate surface area is 64.1 Å². The Morgan fingerprint density at radius 2 is 2.18 bits per heavy atom. The Balaban J connectivity index is 3.66. The summed E-state index contributed by atoms with van der Waals surface area (Å²) in [5.74, 6) is -2.31. The van der Waals surface area contributed by atoms with Gasteiger partial charge >= 0.3 is 11.9 Å². The smallest absolute Gasteiger partial charge is 0.307 e. The van der Waals surface area contributed by atoms with Gasteiger partial charge in [0, 0.05) is 0 Å². The SMILES string of the molecule is CC(CC(=O)OCN)C(=O)O. The summed E-state index contributed by atoms with van der Waals surface area (Å²) >= 11 is 0. The number of hydrogen-bond donors (Lipinski definition) is 2. The molecule has 0 rings (SSSR count). The van der Waals surface area contributed by atoms with Crippen molar-refractivity contribution in [1.82, 2.24) is 0 Å². The van der Waals surface area contributed by atoms with Crippen molar-refractivity contribution < 1.29 is 19.4 Å².